The van der Waals surface area contributed by atoms with Gasteiger partial charge in [0.1, 0.15) is 18.3 Å². The first-order chi connectivity index (χ1) is 17.3. The summed E-state index contributed by atoms with van der Waals surface area (Å²) >= 11 is 0. The lowest BCUT2D eigenvalue weighted by molar-refractivity contribution is -0.152. The molecule has 10 heteroatoms. The van der Waals surface area contributed by atoms with E-state index in [1.54, 1.807) is 18.2 Å². The number of hydrogen-bond donors (Lipinski definition) is 2. The Morgan fingerprint density at radius 2 is 1.81 bits per heavy atom. The molecule has 1 fully saturated rings. The van der Waals surface area contributed by atoms with Crippen molar-refractivity contribution in [3.8, 4) is 11.5 Å². The van der Waals surface area contributed by atoms with Gasteiger partial charge >= 0.3 is 5.97 Å². The number of rotatable bonds is 9. The van der Waals surface area contributed by atoms with Crippen molar-refractivity contribution >= 4 is 29.8 Å². The second-order valence-corrected chi connectivity index (χ2v) is 8.01. The molecule has 2 aromatic rings. The van der Waals surface area contributed by atoms with Gasteiger partial charge < -0.3 is 29.7 Å². The van der Waals surface area contributed by atoms with Gasteiger partial charge in [0.25, 0.3) is 5.91 Å². The maximum Gasteiger partial charge on any atom is 0.308 e. The van der Waals surface area contributed by atoms with E-state index in [1.807, 2.05) is 30.3 Å². The Labute approximate surface area is 209 Å². The first kappa shape index (κ1) is 26.3. The summed E-state index contributed by atoms with van der Waals surface area (Å²) in [6.07, 6.45) is 1.15. The zero-order valence-electron chi connectivity index (χ0n) is 20.4. The van der Waals surface area contributed by atoms with Gasteiger partial charge in [-0.15, -0.1) is 0 Å². The average Bonchev–Trinajstić information content (AvgIpc) is 2.88. The fourth-order valence-electron chi connectivity index (χ4n) is 3.72. The predicted octanol–water partition coefficient (Wildman–Crippen LogP) is 1.64. The highest BCUT2D eigenvalue weighted by Crippen LogP contribution is 2.28. The van der Waals surface area contributed by atoms with Crippen LogP contribution < -0.4 is 20.1 Å². The maximum absolute atomic E-state index is 13.5. The lowest BCUT2D eigenvalue weighted by Gasteiger charge is -2.35. The van der Waals surface area contributed by atoms with Gasteiger partial charge in [0, 0.05) is 20.0 Å². The SMILES string of the molecule is COc1ccc(C=C(NC(C)=O)C(=O)N2CCNC(=O)C2CC(=O)OCc2ccccc2)cc1OC. The fraction of sp³-hybridized carbons (Fsp3) is 0.308. The molecule has 2 aromatic carbocycles. The molecule has 0 spiro atoms. The third kappa shape index (κ3) is 6.84. The zero-order valence-corrected chi connectivity index (χ0v) is 20.4. The van der Waals surface area contributed by atoms with E-state index in [4.69, 9.17) is 14.2 Å². The highest BCUT2D eigenvalue weighted by atomic mass is 16.5. The Kier molecular flexibility index (Phi) is 9.04. The number of nitrogens with one attached hydrogen (secondary N) is 2. The summed E-state index contributed by atoms with van der Waals surface area (Å²) in [6.45, 7) is 1.70. The van der Waals surface area contributed by atoms with Gasteiger partial charge in [0.15, 0.2) is 11.5 Å². The Hall–Kier alpha value is -4.34. The molecule has 1 saturated heterocycles. The number of benzene rings is 2. The number of methoxy groups -OCH3 is 2. The standard InChI is InChI=1S/C26H29N3O7/c1-17(30)28-20(13-19-9-10-22(34-2)23(14-19)35-3)26(33)29-12-11-27-25(32)21(29)15-24(31)36-16-18-7-5-4-6-8-18/h4-10,13-14,21H,11-12,15-16H2,1-3H3,(H,27,32)(H,28,30). The Morgan fingerprint density at radius 1 is 1.08 bits per heavy atom. The van der Waals surface area contributed by atoms with Crippen molar-refractivity contribution in [2.45, 2.75) is 26.0 Å². The molecule has 0 radical (unpaired) electrons. The quantitative estimate of drug-likeness (QED) is 0.400. The van der Waals surface area contributed by atoms with Crippen LogP contribution in [0.5, 0.6) is 11.5 Å². The van der Waals surface area contributed by atoms with Crippen LogP contribution in [0.2, 0.25) is 0 Å². The smallest absolute Gasteiger partial charge is 0.308 e. The Morgan fingerprint density at radius 3 is 2.47 bits per heavy atom. The van der Waals surface area contributed by atoms with Crippen LogP contribution in [0.3, 0.4) is 0 Å². The molecule has 1 aliphatic rings. The summed E-state index contributed by atoms with van der Waals surface area (Å²) in [5.41, 5.74) is 1.31. The molecule has 1 aliphatic heterocycles. The van der Waals surface area contributed by atoms with Crippen molar-refractivity contribution in [2.75, 3.05) is 27.3 Å². The number of hydrogen-bond acceptors (Lipinski definition) is 7. The van der Waals surface area contributed by atoms with E-state index in [0.717, 1.165) is 5.56 Å². The Bertz CT molecular complexity index is 1150. The maximum atomic E-state index is 13.5. The number of nitrogens with zero attached hydrogens (tertiary/aromatic N) is 1. The van der Waals surface area contributed by atoms with E-state index in [9.17, 15) is 19.2 Å². The molecule has 190 valence electrons. The van der Waals surface area contributed by atoms with E-state index >= 15 is 0 Å². The molecular formula is C26H29N3O7. The summed E-state index contributed by atoms with van der Waals surface area (Å²) in [4.78, 5) is 51.8. The van der Waals surface area contributed by atoms with Gasteiger partial charge in [-0.05, 0) is 29.3 Å². The van der Waals surface area contributed by atoms with Gasteiger partial charge in [-0.1, -0.05) is 36.4 Å². The van der Waals surface area contributed by atoms with Crippen LogP contribution in [0.1, 0.15) is 24.5 Å². The van der Waals surface area contributed by atoms with Crippen molar-refractivity contribution < 1.29 is 33.4 Å². The topological polar surface area (TPSA) is 123 Å². The third-order valence-electron chi connectivity index (χ3n) is 5.45. The highest BCUT2D eigenvalue weighted by molar-refractivity contribution is 6.03. The monoisotopic (exact) mass is 495 g/mol. The van der Waals surface area contributed by atoms with Crippen molar-refractivity contribution in [3.05, 3.63) is 65.4 Å². The van der Waals surface area contributed by atoms with Crippen LogP contribution in [0.4, 0.5) is 0 Å². The van der Waals surface area contributed by atoms with Crippen molar-refractivity contribution in [2.24, 2.45) is 0 Å². The van der Waals surface area contributed by atoms with Gasteiger partial charge in [-0.2, -0.15) is 0 Å². The van der Waals surface area contributed by atoms with E-state index in [0.29, 0.717) is 17.1 Å². The number of esters is 1. The first-order valence-corrected chi connectivity index (χ1v) is 11.3. The van der Waals surface area contributed by atoms with Crippen LogP contribution in [0.15, 0.2) is 54.2 Å². The second-order valence-electron chi connectivity index (χ2n) is 8.01. The zero-order chi connectivity index (χ0) is 26.1. The van der Waals surface area contributed by atoms with E-state index in [1.165, 1.54) is 32.1 Å². The van der Waals surface area contributed by atoms with Gasteiger partial charge in [-0.3, -0.25) is 19.2 Å². The summed E-state index contributed by atoms with van der Waals surface area (Å²) < 4.78 is 15.8. The minimum absolute atomic E-state index is 0.0490. The van der Waals surface area contributed by atoms with Crippen LogP contribution in [-0.4, -0.2) is 61.9 Å². The molecule has 1 heterocycles. The number of piperazine rings is 1. The molecule has 1 unspecified atom stereocenters. The van der Waals surface area contributed by atoms with Crippen molar-refractivity contribution in [3.63, 3.8) is 0 Å². The van der Waals surface area contributed by atoms with Crippen molar-refractivity contribution in [1.29, 1.82) is 0 Å². The molecule has 0 bridgehead atoms. The molecular weight excluding hydrogens is 466 g/mol. The summed E-state index contributed by atoms with van der Waals surface area (Å²) in [5, 5.41) is 5.21. The fourth-order valence-corrected chi connectivity index (χ4v) is 3.72. The van der Waals surface area contributed by atoms with E-state index < -0.39 is 29.7 Å². The van der Waals surface area contributed by atoms with Crippen LogP contribution in [0.25, 0.3) is 6.08 Å². The first-order valence-electron chi connectivity index (χ1n) is 11.3. The van der Waals surface area contributed by atoms with Gasteiger partial charge in [-0.25, -0.2) is 0 Å². The predicted molar refractivity (Wildman–Crippen MR) is 131 cm³/mol. The van der Waals surface area contributed by atoms with Crippen LogP contribution >= 0.6 is 0 Å². The van der Waals surface area contributed by atoms with Gasteiger partial charge in [0.05, 0.1) is 20.6 Å². The molecule has 36 heavy (non-hydrogen) atoms. The minimum Gasteiger partial charge on any atom is -0.493 e. The van der Waals surface area contributed by atoms with Crippen LogP contribution in [0, 0.1) is 0 Å². The van der Waals surface area contributed by atoms with Gasteiger partial charge in [0.2, 0.25) is 11.8 Å². The molecule has 0 aliphatic carbocycles. The van der Waals surface area contributed by atoms with Crippen LogP contribution in [-0.2, 0) is 30.5 Å². The molecule has 2 N–H and O–H groups in total. The normalized spacial score (nSPS) is 15.5. The molecule has 1 atom stereocenters. The number of ether oxygens (including phenoxy) is 3. The van der Waals surface area contributed by atoms with Crippen molar-refractivity contribution in [1.82, 2.24) is 15.5 Å². The molecule has 0 saturated carbocycles. The molecule has 0 aromatic heterocycles. The third-order valence-corrected chi connectivity index (χ3v) is 5.45. The lowest BCUT2D eigenvalue weighted by Crippen LogP contribution is -2.58. The number of carbonyl (C=O) groups excluding carboxylic acids is 4. The number of carbonyl (C=O) groups is 4. The number of amides is 3. The Balaban J connectivity index is 1.81. The second kappa shape index (κ2) is 12.4. The molecule has 3 amide bonds. The summed E-state index contributed by atoms with van der Waals surface area (Å²) in [7, 11) is 2.99. The molecule has 10 nitrogen and oxygen atoms in total. The van der Waals surface area contributed by atoms with E-state index in [2.05, 4.69) is 10.6 Å². The lowest BCUT2D eigenvalue weighted by atomic mass is 10.1. The summed E-state index contributed by atoms with van der Waals surface area (Å²) in [6, 6.07) is 13.1. The minimum atomic E-state index is -1.09. The average molecular weight is 496 g/mol. The molecule has 3 rings (SSSR count). The largest absolute Gasteiger partial charge is 0.493 e. The van der Waals surface area contributed by atoms with E-state index in [-0.39, 0.29) is 31.8 Å². The highest BCUT2D eigenvalue weighted by Gasteiger charge is 2.36. The summed E-state index contributed by atoms with van der Waals surface area (Å²) in [5.74, 6) is -1.21.